The predicted octanol–water partition coefficient (Wildman–Crippen LogP) is 1.43. The summed E-state index contributed by atoms with van der Waals surface area (Å²) in [5.74, 6) is -0.0761. The van der Waals surface area contributed by atoms with Crippen molar-refractivity contribution in [2.24, 2.45) is 0 Å². The van der Waals surface area contributed by atoms with Crippen LogP contribution in [-0.2, 0) is 11.3 Å². The molecule has 0 saturated carbocycles. The van der Waals surface area contributed by atoms with Gasteiger partial charge in [0, 0.05) is 6.54 Å². The number of rotatable bonds is 7. The minimum Gasteiger partial charge on any atom is -0.490 e. The Morgan fingerprint density at radius 2 is 2.12 bits per heavy atom. The lowest BCUT2D eigenvalue weighted by Crippen LogP contribution is -2.21. The molecule has 0 aliphatic rings. The van der Waals surface area contributed by atoms with E-state index in [-0.39, 0.29) is 6.54 Å². The molecule has 0 saturated heterocycles. The standard InChI is InChI=1S/C12H15NO3/c1-2-7-16-11-5-3-10(4-6-11)8-13-9-12(14)15/h2-6,13H,1,7-9H2,(H,14,15). The van der Waals surface area contributed by atoms with Gasteiger partial charge in [-0.2, -0.15) is 0 Å². The Morgan fingerprint density at radius 1 is 1.44 bits per heavy atom. The number of carboxylic acids is 1. The highest BCUT2D eigenvalue weighted by molar-refractivity contribution is 5.68. The fourth-order valence-corrected chi connectivity index (χ4v) is 1.17. The van der Waals surface area contributed by atoms with Crippen LogP contribution in [0, 0.1) is 0 Å². The van der Waals surface area contributed by atoms with E-state index in [0.29, 0.717) is 13.2 Å². The Hall–Kier alpha value is -1.81. The Morgan fingerprint density at radius 3 is 2.69 bits per heavy atom. The minimum atomic E-state index is -0.856. The molecule has 0 aromatic heterocycles. The Balaban J connectivity index is 2.38. The first-order valence-electron chi connectivity index (χ1n) is 4.97. The molecular formula is C12H15NO3. The van der Waals surface area contributed by atoms with E-state index in [2.05, 4.69) is 11.9 Å². The number of carboxylic acid groups (broad SMARTS) is 1. The van der Waals surface area contributed by atoms with Crippen LogP contribution >= 0.6 is 0 Å². The number of hydrogen-bond donors (Lipinski definition) is 2. The lowest BCUT2D eigenvalue weighted by atomic mass is 10.2. The van der Waals surface area contributed by atoms with E-state index < -0.39 is 5.97 Å². The van der Waals surface area contributed by atoms with Crippen LogP contribution in [0.4, 0.5) is 0 Å². The van der Waals surface area contributed by atoms with Gasteiger partial charge in [0.25, 0.3) is 0 Å². The van der Waals surface area contributed by atoms with Crippen molar-refractivity contribution in [1.29, 1.82) is 0 Å². The molecule has 0 aliphatic carbocycles. The zero-order valence-corrected chi connectivity index (χ0v) is 8.98. The molecule has 1 aromatic carbocycles. The summed E-state index contributed by atoms with van der Waals surface area (Å²) in [6.45, 7) is 4.55. The quantitative estimate of drug-likeness (QED) is 0.684. The van der Waals surface area contributed by atoms with Gasteiger partial charge in [0.2, 0.25) is 0 Å². The topological polar surface area (TPSA) is 58.6 Å². The normalized spacial score (nSPS) is 9.75. The Kier molecular flexibility index (Phi) is 5.08. The second kappa shape index (κ2) is 6.63. The molecule has 0 radical (unpaired) electrons. The molecule has 0 unspecified atom stereocenters. The molecule has 0 aliphatic heterocycles. The average molecular weight is 221 g/mol. The van der Waals surface area contributed by atoms with E-state index in [1.807, 2.05) is 24.3 Å². The third-order valence-corrected chi connectivity index (χ3v) is 1.90. The number of hydrogen-bond acceptors (Lipinski definition) is 3. The first kappa shape index (κ1) is 12.3. The smallest absolute Gasteiger partial charge is 0.317 e. The van der Waals surface area contributed by atoms with Crippen LogP contribution in [0.5, 0.6) is 5.75 Å². The molecule has 86 valence electrons. The molecule has 4 heteroatoms. The van der Waals surface area contributed by atoms with E-state index in [9.17, 15) is 4.79 Å². The molecular weight excluding hydrogens is 206 g/mol. The van der Waals surface area contributed by atoms with E-state index in [4.69, 9.17) is 9.84 Å². The number of aliphatic carboxylic acids is 1. The van der Waals surface area contributed by atoms with Gasteiger partial charge in [0.05, 0.1) is 6.54 Å². The number of benzene rings is 1. The van der Waals surface area contributed by atoms with Crippen LogP contribution in [0.15, 0.2) is 36.9 Å². The molecule has 0 amide bonds. The largest absolute Gasteiger partial charge is 0.490 e. The van der Waals surface area contributed by atoms with Crippen molar-refractivity contribution in [2.75, 3.05) is 13.2 Å². The molecule has 0 spiro atoms. The SMILES string of the molecule is C=CCOc1ccc(CNCC(=O)O)cc1. The second-order valence-corrected chi connectivity index (χ2v) is 3.24. The molecule has 2 N–H and O–H groups in total. The molecule has 4 nitrogen and oxygen atoms in total. The van der Waals surface area contributed by atoms with Gasteiger partial charge in [-0.25, -0.2) is 0 Å². The van der Waals surface area contributed by atoms with Crippen molar-refractivity contribution in [1.82, 2.24) is 5.32 Å². The van der Waals surface area contributed by atoms with Crippen molar-refractivity contribution >= 4 is 5.97 Å². The van der Waals surface area contributed by atoms with Crippen molar-refractivity contribution in [3.63, 3.8) is 0 Å². The van der Waals surface area contributed by atoms with Gasteiger partial charge in [-0.15, -0.1) is 0 Å². The first-order valence-corrected chi connectivity index (χ1v) is 4.97. The second-order valence-electron chi connectivity index (χ2n) is 3.24. The van der Waals surface area contributed by atoms with Crippen molar-refractivity contribution in [2.45, 2.75) is 6.54 Å². The molecule has 16 heavy (non-hydrogen) atoms. The number of ether oxygens (including phenoxy) is 1. The summed E-state index contributed by atoms with van der Waals surface area (Å²) >= 11 is 0. The van der Waals surface area contributed by atoms with Crippen LogP contribution in [0.3, 0.4) is 0 Å². The van der Waals surface area contributed by atoms with E-state index >= 15 is 0 Å². The van der Waals surface area contributed by atoms with Crippen LogP contribution in [0.1, 0.15) is 5.56 Å². The van der Waals surface area contributed by atoms with E-state index in [1.54, 1.807) is 6.08 Å². The molecule has 1 rings (SSSR count). The third kappa shape index (κ3) is 4.61. The zero-order valence-electron chi connectivity index (χ0n) is 8.98. The number of nitrogens with one attached hydrogen (secondary N) is 1. The maximum atomic E-state index is 10.3. The van der Waals surface area contributed by atoms with Crippen LogP contribution < -0.4 is 10.1 Å². The van der Waals surface area contributed by atoms with Gasteiger partial charge in [-0.05, 0) is 17.7 Å². The summed E-state index contributed by atoms with van der Waals surface area (Å²) < 4.78 is 5.32. The van der Waals surface area contributed by atoms with Gasteiger partial charge in [0.15, 0.2) is 0 Å². The lowest BCUT2D eigenvalue weighted by molar-refractivity contribution is -0.135. The van der Waals surface area contributed by atoms with E-state index in [0.717, 1.165) is 11.3 Å². The monoisotopic (exact) mass is 221 g/mol. The molecule has 0 bridgehead atoms. The predicted molar refractivity (Wildman–Crippen MR) is 61.5 cm³/mol. The van der Waals surface area contributed by atoms with Crippen LogP contribution in [-0.4, -0.2) is 24.2 Å². The molecule has 0 heterocycles. The average Bonchev–Trinajstić information content (AvgIpc) is 2.27. The molecule has 1 aromatic rings. The minimum absolute atomic E-state index is 0.0330. The molecule has 0 atom stereocenters. The van der Waals surface area contributed by atoms with Crippen molar-refractivity contribution < 1.29 is 14.6 Å². The maximum absolute atomic E-state index is 10.3. The summed E-state index contributed by atoms with van der Waals surface area (Å²) in [5, 5.41) is 11.2. The van der Waals surface area contributed by atoms with Gasteiger partial charge in [-0.1, -0.05) is 24.8 Å². The molecule has 0 fully saturated rings. The summed E-state index contributed by atoms with van der Waals surface area (Å²) in [6, 6.07) is 7.49. The van der Waals surface area contributed by atoms with Gasteiger partial charge in [-0.3, -0.25) is 4.79 Å². The first-order chi connectivity index (χ1) is 7.72. The Bertz CT molecular complexity index is 346. The van der Waals surface area contributed by atoms with E-state index in [1.165, 1.54) is 0 Å². The van der Waals surface area contributed by atoms with Crippen LogP contribution in [0.25, 0.3) is 0 Å². The van der Waals surface area contributed by atoms with Crippen molar-refractivity contribution in [3.05, 3.63) is 42.5 Å². The highest BCUT2D eigenvalue weighted by Crippen LogP contribution is 2.11. The lowest BCUT2D eigenvalue weighted by Gasteiger charge is -2.05. The fraction of sp³-hybridized carbons (Fsp3) is 0.250. The maximum Gasteiger partial charge on any atom is 0.317 e. The highest BCUT2D eigenvalue weighted by Gasteiger charge is 1.97. The van der Waals surface area contributed by atoms with Gasteiger partial charge in [0.1, 0.15) is 12.4 Å². The summed E-state index contributed by atoms with van der Waals surface area (Å²) in [5.41, 5.74) is 1.02. The van der Waals surface area contributed by atoms with Gasteiger partial charge < -0.3 is 15.2 Å². The highest BCUT2D eigenvalue weighted by atomic mass is 16.5. The zero-order chi connectivity index (χ0) is 11.8. The fourth-order valence-electron chi connectivity index (χ4n) is 1.17. The Labute approximate surface area is 94.6 Å². The number of carbonyl (C=O) groups is 1. The van der Waals surface area contributed by atoms with Crippen molar-refractivity contribution in [3.8, 4) is 5.75 Å². The third-order valence-electron chi connectivity index (χ3n) is 1.90. The summed E-state index contributed by atoms with van der Waals surface area (Å²) in [4.78, 5) is 10.3. The van der Waals surface area contributed by atoms with Gasteiger partial charge >= 0.3 is 5.97 Å². The summed E-state index contributed by atoms with van der Waals surface area (Å²) in [7, 11) is 0. The van der Waals surface area contributed by atoms with Crippen LogP contribution in [0.2, 0.25) is 0 Å². The summed E-state index contributed by atoms with van der Waals surface area (Å²) in [6.07, 6.45) is 1.68.